The molecule has 0 fully saturated rings. The van der Waals surface area contributed by atoms with Crippen LogP contribution >= 0.6 is 0 Å². The van der Waals surface area contributed by atoms with Crippen molar-refractivity contribution in [2.75, 3.05) is 6.54 Å². The summed E-state index contributed by atoms with van der Waals surface area (Å²) in [6.45, 7) is -3.34. The number of aliphatic hydroxyl groups is 1. The van der Waals surface area contributed by atoms with E-state index in [1.807, 2.05) is 0 Å². The van der Waals surface area contributed by atoms with Crippen molar-refractivity contribution in [2.24, 2.45) is 0 Å². The molecule has 1 aromatic heterocycles. The van der Waals surface area contributed by atoms with Crippen LogP contribution in [0.4, 0.5) is 17.6 Å². The Kier molecular flexibility index (Phi) is 7.05. The van der Waals surface area contributed by atoms with Gasteiger partial charge >= 0.3 is 6.61 Å². The van der Waals surface area contributed by atoms with Crippen molar-refractivity contribution >= 4 is 32.7 Å². The first-order valence-electron chi connectivity index (χ1n) is 10.2. The molecule has 34 heavy (non-hydrogen) atoms. The van der Waals surface area contributed by atoms with Gasteiger partial charge in [-0.15, -0.1) is 0 Å². The molecule has 1 atom stereocenters. The molecule has 4 aromatic rings. The Morgan fingerprint density at radius 1 is 0.912 bits per heavy atom. The quantitative estimate of drug-likeness (QED) is 0.271. The van der Waals surface area contributed by atoms with Gasteiger partial charge in [0.2, 0.25) is 10.9 Å². The zero-order valence-corrected chi connectivity index (χ0v) is 18.5. The number of halogens is 4. The Balaban J connectivity index is 1.55. The summed E-state index contributed by atoms with van der Waals surface area (Å²) in [6, 6.07) is 13.6. The molecule has 0 radical (unpaired) electrons. The predicted octanol–water partition coefficient (Wildman–Crippen LogP) is 4.06. The molecule has 0 aliphatic heterocycles. The number of aliphatic hydroxyl groups excluding tert-OH is 1. The second kappa shape index (κ2) is 10.00. The molecule has 180 valence electrons. The predicted molar refractivity (Wildman–Crippen MR) is 119 cm³/mol. The molecule has 0 aliphatic carbocycles. The summed E-state index contributed by atoms with van der Waals surface area (Å²) in [5.74, 6) is -1.04. The normalized spacial score (nSPS) is 12.9. The van der Waals surface area contributed by atoms with Gasteiger partial charge in [0.1, 0.15) is 17.4 Å². The van der Waals surface area contributed by atoms with E-state index in [0.717, 1.165) is 4.31 Å². The molecule has 0 saturated carbocycles. The van der Waals surface area contributed by atoms with Gasteiger partial charge < -0.3 is 14.4 Å². The first-order valence-corrected chi connectivity index (χ1v) is 11.3. The van der Waals surface area contributed by atoms with Gasteiger partial charge in [-0.25, -0.2) is 17.2 Å². The summed E-state index contributed by atoms with van der Waals surface area (Å²) in [5.41, 5.74) is 1.64. The van der Waals surface area contributed by atoms with Crippen LogP contribution in [0.1, 0.15) is 5.56 Å². The molecule has 4 rings (SSSR count). The highest BCUT2D eigenvalue weighted by Gasteiger charge is 2.19. The van der Waals surface area contributed by atoms with Crippen molar-refractivity contribution in [3.05, 3.63) is 77.9 Å². The van der Waals surface area contributed by atoms with Gasteiger partial charge in [0.25, 0.3) is 0 Å². The van der Waals surface area contributed by atoms with E-state index < -0.39 is 35.2 Å². The van der Waals surface area contributed by atoms with E-state index in [4.69, 9.17) is 0 Å². The molecule has 0 amide bonds. The van der Waals surface area contributed by atoms with E-state index in [2.05, 4.69) is 4.74 Å². The standard InChI is InChI=1S/C23H20F4N2O4S/c24-15-3-7-21-19(9-15)20-10-16(25)4-8-22(20)29(21)13-17(30)12-28(34(31)32)11-14-1-5-18(6-2-14)33-23(26)27/h1-10,17,23,30,34H,11-13H2. The van der Waals surface area contributed by atoms with E-state index >= 15 is 0 Å². The lowest BCUT2D eigenvalue weighted by Crippen LogP contribution is -2.33. The zero-order valence-electron chi connectivity index (χ0n) is 17.6. The van der Waals surface area contributed by atoms with Gasteiger partial charge in [0.15, 0.2) is 0 Å². The van der Waals surface area contributed by atoms with Gasteiger partial charge in [-0.3, -0.25) is 0 Å². The maximum Gasteiger partial charge on any atom is 0.387 e. The molecule has 1 heterocycles. The molecular formula is C23H20F4N2O4S. The van der Waals surface area contributed by atoms with Crippen molar-refractivity contribution in [3.63, 3.8) is 0 Å². The maximum atomic E-state index is 13.8. The largest absolute Gasteiger partial charge is 0.435 e. The fourth-order valence-corrected chi connectivity index (χ4v) is 4.53. The van der Waals surface area contributed by atoms with Crippen molar-refractivity contribution in [1.82, 2.24) is 8.87 Å². The monoisotopic (exact) mass is 496 g/mol. The van der Waals surface area contributed by atoms with E-state index in [0.29, 0.717) is 27.4 Å². The third-order valence-corrected chi connectivity index (χ3v) is 6.11. The summed E-state index contributed by atoms with van der Waals surface area (Å²) in [5, 5.41) is 11.7. The number of ether oxygens (including phenoxy) is 1. The van der Waals surface area contributed by atoms with Crippen LogP contribution in [0.25, 0.3) is 21.8 Å². The van der Waals surface area contributed by atoms with Crippen LogP contribution in [0.15, 0.2) is 60.7 Å². The van der Waals surface area contributed by atoms with Crippen molar-refractivity contribution in [2.45, 2.75) is 25.8 Å². The van der Waals surface area contributed by atoms with Crippen LogP contribution in [0.5, 0.6) is 5.75 Å². The van der Waals surface area contributed by atoms with Crippen LogP contribution in [0.2, 0.25) is 0 Å². The lowest BCUT2D eigenvalue weighted by Gasteiger charge is -2.21. The molecule has 1 N–H and O–H groups in total. The minimum Gasteiger partial charge on any atom is -0.435 e. The molecule has 6 nitrogen and oxygen atoms in total. The third-order valence-electron chi connectivity index (χ3n) is 5.35. The number of nitrogens with zero attached hydrogens (tertiary/aromatic N) is 2. The van der Waals surface area contributed by atoms with Crippen LogP contribution in [-0.4, -0.2) is 41.7 Å². The molecule has 0 saturated heterocycles. The molecule has 0 bridgehead atoms. The Labute approximate surface area is 193 Å². The molecule has 11 heteroatoms. The fourth-order valence-electron chi connectivity index (χ4n) is 3.93. The molecule has 1 unspecified atom stereocenters. The number of benzene rings is 3. The average Bonchev–Trinajstić information content (AvgIpc) is 3.06. The summed E-state index contributed by atoms with van der Waals surface area (Å²) in [6.07, 6.45) is -1.15. The minimum absolute atomic E-state index is 0.0297. The Hall–Kier alpha value is -3.15. The summed E-state index contributed by atoms with van der Waals surface area (Å²) < 4.78 is 82.8. The SMILES string of the molecule is O=[SH](=O)N(Cc1ccc(OC(F)F)cc1)CC(O)Cn1c2ccc(F)cc2c2cc(F)ccc21. The average molecular weight is 496 g/mol. The Bertz CT molecular complexity index is 1320. The third kappa shape index (κ3) is 5.32. The van der Waals surface area contributed by atoms with E-state index in [9.17, 15) is 31.1 Å². The zero-order chi connectivity index (χ0) is 24.4. The topological polar surface area (TPSA) is 71.8 Å². The number of thiol groups is 1. The van der Waals surface area contributed by atoms with Crippen molar-refractivity contribution in [3.8, 4) is 5.75 Å². The Morgan fingerprint density at radius 2 is 1.47 bits per heavy atom. The number of fused-ring (bicyclic) bond motifs is 3. The van der Waals surface area contributed by atoms with Gasteiger partial charge in [-0.2, -0.15) is 13.1 Å². The highest BCUT2D eigenvalue weighted by Crippen LogP contribution is 2.30. The van der Waals surface area contributed by atoms with Gasteiger partial charge in [-0.05, 0) is 54.1 Å². The second-order valence-electron chi connectivity index (χ2n) is 7.69. The summed E-state index contributed by atoms with van der Waals surface area (Å²) >= 11 is 0. The number of hydrogen-bond acceptors (Lipinski definition) is 4. The van der Waals surface area contributed by atoms with Crippen LogP contribution in [0, 0.1) is 11.6 Å². The first kappa shape index (κ1) is 24.0. The first-order chi connectivity index (χ1) is 16.2. The summed E-state index contributed by atoms with van der Waals surface area (Å²) in [4.78, 5) is 0. The number of hydrogen-bond donors (Lipinski definition) is 2. The van der Waals surface area contributed by atoms with E-state index in [1.165, 1.54) is 60.7 Å². The minimum atomic E-state index is -3.07. The Morgan fingerprint density at radius 3 is 1.97 bits per heavy atom. The van der Waals surface area contributed by atoms with E-state index in [-0.39, 0.29) is 25.4 Å². The van der Waals surface area contributed by atoms with Crippen LogP contribution in [-0.2, 0) is 24.0 Å². The van der Waals surface area contributed by atoms with Crippen LogP contribution < -0.4 is 4.74 Å². The van der Waals surface area contributed by atoms with Crippen LogP contribution in [0.3, 0.4) is 0 Å². The van der Waals surface area contributed by atoms with Crippen molar-refractivity contribution < 1.29 is 35.8 Å². The highest BCUT2D eigenvalue weighted by molar-refractivity contribution is 7.69. The second-order valence-corrected chi connectivity index (χ2v) is 8.74. The van der Waals surface area contributed by atoms with Gasteiger partial charge in [0.05, 0.1) is 12.6 Å². The lowest BCUT2D eigenvalue weighted by atomic mass is 10.1. The lowest BCUT2D eigenvalue weighted by molar-refractivity contribution is -0.0498. The van der Waals surface area contributed by atoms with Gasteiger partial charge in [-0.1, -0.05) is 12.1 Å². The van der Waals surface area contributed by atoms with E-state index in [1.54, 1.807) is 4.57 Å². The smallest absolute Gasteiger partial charge is 0.387 e. The molecule has 0 aliphatic rings. The fraction of sp³-hybridized carbons (Fsp3) is 0.217. The van der Waals surface area contributed by atoms with Crippen molar-refractivity contribution in [1.29, 1.82) is 0 Å². The highest BCUT2D eigenvalue weighted by atomic mass is 32.2. The van der Waals surface area contributed by atoms with Gasteiger partial charge in [0, 0.05) is 34.9 Å². The number of aromatic nitrogens is 1. The summed E-state index contributed by atoms with van der Waals surface area (Å²) in [7, 11) is -3.07. The number of alkyl halides is 2. The number of rotatable bonds is 9. The molecule has 3 aromatic carbocycles. The molecular weight excluding hydrogens is 476 g/mol. The maximum absolute atomic E-state index is 13.8. The molecule has 0 spiro atoms.